The molecule has 4 nitrogen and oxygen atoms in total. The predicted molar refractivity (Wildman–Crippen MR) is 117 cm³/mol. The van der Waals surface area contributed by atoms with Gasteiger partial charge < -0.3 is 5.32 Å². The molecule has 0 bridgehead atoms. The lowest BCUT2D eigenvalue weighted by Gasteiger charge is -2.37. The van der Waals surface area contributed by atoms with E-state index in [0.29, 0.717) is 10.8 Å². The van der Waals surface area contributed by atoms with Gasteiger partial charge in [-0.3, -0.25) is 0 Å². The molecule has 1 aliphatic heterocycles. The van der Waals surface area contributed by atoms with Crippen molar-refractivity contribution in [3.05, 3.63) is 82.4 Å². The summed E-state index contributed by atoms with van der Waals surface area (Å²) >= 11 is 3.50. The van der Waals surface area contributed by atoms with Gasteiger partial charge >= 0.3 is 0 Å². The molecule has 2 N–H and O–H groups in total. The Morgan fingerprint density at radius 2 is 2.00 bits per heavy atom. The predicted octanol–water partition coefficient (Wildman–Crippen LogP) is 5.13. The Morgan fingerprint density at radius 1 is 1.25 bits per heavy atom. The Balaban J connectivity index is 1.69. The van der Waals surface area contributed by atoms with E-state index in [1.165, 1.54) is 5.56 Å². The summed E-state index contributed by atoms with van der Waals surface area (Å²) in [6.07, 6.45) is 5.40. The number of allylic oxidation sites excluding steroid dienone is 2. The van der Waals surface area contributed by atoms with Crippen LogP contribution in [0.1, 0.15) is 36.4 Å². The number of fused-ring (bicyclic) bond motifs is 3. The maximum absolute atomic E-state index is 12.6. The number of rotatable bonds is 5. The first-order valence-corrected chi connectivity index (χ1v) is 11.6. The van der Waals surface area contributed by atoms with Crippen molar-refractivity contribution in [1.82, 2.24) is 4.72 Å². The molecule has 0 aromatic heterocycles. The fourth-order valence-electron chi connectivity index (χ4n) is 4.04. The summed E-state index contributed by atoms with van der Waals surface area (Å²) in [5.41, 5.74) is 4.07. The number of halogens is 1. The molecule has 2 aromatic rings. The van der Waals surface area contributed by atoms with E-state index in [0.717, 1.165) is 27.7 Å². The van der Waals surface area contributed by atoms with Crippen LogP contribution in [0.3, 0.4) is 0 Å². The van der Waals surface area contributed by atoms with Crippen molar-refractivity contribution in [2.45, 2.75) is 30.2 Å². The second kappa shape index (κ2) is 7.50. The van der Waals surface area contributed by atoms with Crippen LogP contribution in [0, 0.1) is 5.92 Å². The number of hydrogen-bond acceptors (Lipinski definition) is 3. The molecule has 0 saturated carbocycles. The van der Waals surface area contributed by atoms with Crippen molar-refractivity contribution in [2.75, 3.05) is 11.9 Å². The molecular weight excluding hydrogens is 436 g/mol. The summed E-state index contributed by atoms with van der Waals surface area (Å²) in [7, 11) is -3.56. The van der Waals surface area contributed by atoms with Gasteiger partial charge in [-0.1, -0.05) is 52.4 Å². The van der Waals surface area contributed by atoms with E-state index in [2.05, 4.69) is 69.0 Å². The third kappa shape index (κ3) is 3.69. The van der Waals surface area contributed by atoms with Crippen molar-refractivity contribution in [1.29, 1.82) is 0 Å². The van der Waals surface area contributed by atoms with Crippen LogP contribution in [0.5, 0.6) is 0 Å². The summed E-state index contributed by atoms with van der Waals surface area (Å²) in [6.45, 7) is 5.81. The highest BCUT2D eigenvalue weighted by molar-refractivity contribution is 9.10. The van der Waals surface area contributed by atoms with Gasteiger partial charge in [0.05, 0.1) is 10.9 Å². The van der Waals surface area contributed by atoms with Crippen LogP contribution in [-0.2, 0) is 10.0 Å². The first kappa shape index (κ1) is 19.4. The SMILES string of the molecule is C=C(C)CNS(=O)(=O)c1ccc2c(c1)C1C=CCC1C(c1ccc(Br)cc1)N2. The number of hydrogen-bond donors (Lipinski definition) is 2. The first-order valence-electron chi connectivity index (χ1n) is 9.32. The summed E-state index contributed by atoms with van der Waals surface area (Å²) in [5.74, 6) is 0.580. The van der Waals surface area contributed by atoms with Gasteiger partial charge in [-0.25, -0.2) is 13.1 Å². The van der Waals surface area contributed by atoms with E-state index in [-0.39, 0.29) is 18.5 Å². The largest absolute Gasteiger partial charge is 0.378 e. The Bertz CT molecular complexity index is 1040. The standard InChI is InChI=1S/C22H23BrN2O2S/c1-14(2)13-24-28(26,27)17-10-11-21-20(12-17)18-4-3-5-19(18)22(25-21)15-6-8-16(23)9-7-15/h3-4,6-12,18-19,22,24-25H,1,5,13H2,2H3. The van der Waals surface area contributed by atoms with Gasteiger partial charge in [0.2, 0.25) is 10.0 Å². The zero-order valence-corrected chi connectivity index (χ0v) is 18.1. The minimum atomic E-state index is -3.56. The first-order chi connectivity index (χ1) is 13.3. The molecule has 0 fully saturated rings. The molecule has 146 valence electrons. The summed E-state index contributed by atoms with van der Waals surface area (Å²) < 4.78 is 28.9. The molecule has 6 heteroatoms. The molecule has 1 aliphatic carbocycles. The maximum atomic E-state index is 12.6. The molecule has 2 aliphatic rings. The van der Waals surface area contributed by atoms with E-state index >= 15 is 0 Å². The second-order valence-electron chi connectivity index (χ2n) is 7.56. The van der Waals surface area contributed by atoms with Crippen molar-refractivity contribution in [2.24, 2.45) is 5.92 Å². The molecule has 0 amide bonds. The Kier molecular flexibility index (Phi) is 5.21. The van der Waals surface area contributed by atoms with Crippen molar-refractivity contribution in [3.63, 3.8) is 0 Å². The third-order valence-electron chi connectivity index (χ3n) is 5.44. The highest BCUT2D eigenvalue weighted by Gasteiger charge is 2.38. The smallest absolute Gasteiger partial charge is 0.240 e. The minimum absolute atomic E-state index is 0.199. The minimum Gasteiger partial charge on any atom is -0.378 e. The third-order valence-corrected chi connectivity index (χ3v) is 7.37. The molecule has 3 unspecified atom stereocenters. The Hall–Kier alpha value is -1.89. The van der Waals surface area contributed by atoms with Gasteiger partial charge in [0.1, 0.15) is 0 Å². The highest BCUT2D eigenvalue weighted by Crippen LogP contribution is 2.50. The van der Waals surface area contributed by atoms with Crippen LogP contribution >= 0.6 is 15.9 Å². The Morgan fingerprint density at radius 3 is 2.71 bits per heavy atom. The lowest BCUT2D eigenvalue weighted by atomic mass is 9.77. The second-order valence-corrected chi connectivity index (χ2v) is 10.2. The molecule has 0 saturated heterocycles. The molecule has 4 rings (SSSR count). The van der Waals surface area contributed by atoms with Crippen LogP contribution < -0.4 is 10.0 Å². The maximum Gasteiger partial charge on any atom is 0.240 e. The van der Waals surface area contributed by atoms with Crippen LogP contribution in [0.25, 0.3) is 0 Å². The molecule has 1 heterocycles. The molecule has 2 aromatic carbocycles. The monoisotopic (exact) mass is 458 g/mol. The number of sulfonamides is 1. The summed E-state index contributed by atoms with van der Waals surface area (Å²) in [5, 5.41) is 3.65. The molecular formula is C22H23BrN2O2S. The molecule has 0 spiro atoms. The van der Waals surface area contributed by atoms with E-state index in [1.807, 2.05) is 12.1 Å². The van der Waals surface area contributed by atoms with Crippen LogP contribution in [0.4, 0.5) is 5.69 Å². The number of nitrogens with one attached hydrogen (secondary N) is 2. The van der Waals surface area contributed by atoms with Gasteiger partial charge in [0.15, 0.2) is 0 Å². The fraction of sp³-hybridized carbons (Fsp3) is 0.273. The number of benzene rings is 2. The van der Waals surface area contributed by atoms with Crippen LogP contribution in [0.2, 0.25) is 0 Å². The summed E-state index contributed by atoms with van der Waals surface area (Å²) in [6, 6.07) is 14.0. The topological polar surface area (TPSA) is 58.2 Å². The van der Waals surface area contributed by atoms with Gasteiger partial charge in [0.25, 0.3) is 0 Å². The quantitative estimate of drug-likeness (QED) is 0.610. The zero-order chi connectivity index (χ0) is 19.9. The van der Waals surface area contributed by atoms with Crippen molar-refractivity contribution >= 4 is 31.6 Å². The highest BCUT2D eigenvalue weighted by atomic mass is 79.9. The van der Waals surface area contributed by atoms with E-state index in [9.17, 15) is 8.42 Å². The van der Waals surface area contributed by atoms with Crippen LogP contribution in [0.15, 0.2) is 76.1 Å². The lowest BCUT2D eigenvalue weighted by Crippen LogP contribution is -2.30. The van der Waals surface area contributed by atoms with Gasteiger partial charge in [-0.2, -0.15) is 0 Å². The summed E-state index contributed by atoms with van der Waals surface area (Å²) in [4.78, 5) is 0.301. The Labute approximate surface area is 174 Å². The van der Waals surface area contributed by atoms with E-state index in [4.69, 9.17) is 0 Å². The van der Waals surface area contributed by atoms with Crippen molar-refractivity contribution in [3.8, 4) is 0 Å². The van der Waals surface area contributed by atoms with Gasteiger partial charge in [0, 0.05) is 22.6 Å². The molecule has 3 atom stereocenters. The van der Waals surface area contributed by atoms with Gasteiger partial charge in [-0.05, 0) is 60.7 Å². The van der Waals surface area contributed by atoms with Crippen molar-refractivity contribution < 1.29 is 8.42 Å². The average Bonchev–Trinajstić information content (AvgIpc) is 3.16. The molecule has 28 heavy (non-hydrogen) atoms. The zero-order valence-electron chi connectivity index (χ0n) is 15.7. The van der Waals surface area contributed by atoms with E-state index < -0.39 is 10.0 Å². The fourth-order valence-corrected chi connectivity index (χ4v) is 5.44. The van der Waals surface area contributed by atoms with Gasteiger partial charge in [-0.15, -0.1) is 0 Å². The average molecular weight is 459 g/mol. The normalized spacial score (nSPS) is 23.0. The van der Waals surface area contributed by atoms with Crippen LogP contribution in [-0.4, -0.2) is 15.0 Å². The lowest BCUT2D eigenvalue weighted by molar-refractivity contribution is 0.425. The molecule has 0 radical (unpaired) electrons. The van der Waals surface area contributed by atoms with E-state index in [1.54, 1.807) is 13.0 Å². The number of anilines is 1.